The molecule has 19 heavy (non-hydrogen) atoms. The van der Waals surface area contributed by atoms with Gasteiger partial charge in [0.2, 0.25) is 0 Å². The van der Waals surface area contributed by atoms with E-state index < -0.39 is 5.97 Å². The average Bonchev–Trinajstić information content (AvgIpc) is 2.84. The summed E-state index contributed by atoms with van der Waals surface area (Å²) in [6.45, 7) is 3.33. The van der Waals surface area contributed by atoms with Crippen LogP contribution < -0.4 is 0 Å². The summed E-state index contributed by atoms with van der Waals surface area (Å²) in [5, 5.41) is 0.533. The highest BCUT2D eigenvalue weighted by molar-refractivity contribution is 7.17. The van der Waals surface area contributed by atoms with Gasteiger partial charge in [-0.05, 0) is 18.6 Å². The van der Waals surface area contributed by atoms with Crippen molar-refractivity contribution in [2.24, 2.45) is 0 Å². The molecule has 2 aromatic heterocycles. The summed E-state index contributed by atoms with van der Waals surface area (Å²) in [6, 6.07) is 3.70. The molecule has 0 aliphatic heterocycles. The Bertz CT molecular complexity index is 632. The predicted octanol–water partition coefficient (Wildman–Crippen LogP) is 2.50. The maximum Gasteiger partial charge on any atom is 0.358 e. The van der Waals surface area contributed by atoms with Crippen molar-refractivity contribution in [3.63, 3.8) is 0 Å². The van der Waals surface area contributed by atoms with Gasteiger partial charge in [-0.2, -0.15) is 0 Å². The molecule has 2 rings (SSSR count). The molecule has 0 spiro atoms. The molecule has 6 heteroatoms. The molecule has 98 valence electrons. The molecule has 0 amide bonds. The molecule has 0 radical (unpaired) electrons. The summed E-state index contributed by atoms with van der Waals surface area (Å²) >= 11 is 1.15. The monoisotopic (exact) mass is 276 g/mol. The predicted molar refractivity (Wildman–Crippen MR) is 71.4 cm³/mol. The van der Waals surface area contributed by atoms with Gasteiger partial charge in [-0.15, -0.1) is 11.3 Å². The highest BCUT2D eigenvalue weighted by atomic mass is 32.1. The van der Waals surface area contributed by atoms with Gasteiger partial charge in [0, 0.05) is 13.1 Å². The molecule has 0 atom stereocenters. The van der Waals surface area contributed by atoms with Gasteiger partial charge in [-0.1, -0.05) is 6.07 Å². The van der Waals surface area contributed by atoms with Gasteiger partial charge in [-0.25, -0.2) is 9.78 Å². The lowest BCUT2D eigenvalue weighted by atomic mass is 10.3. The van der Waals surface area contributed by atoms with Crippen molar-refractivity contribution in [3.8, 4) is 10.7 Å². The number of Topliss-reactive ketones (excluding diaryl/α,β-unsaturated/α-hetero) is 1. The molecule has 5 nitrogen and oxygen atoms in total. The molecule has 0 N–H and O–H groups in total. The number of ether oxygens (including phenoxy) is 1. The third-order valence-electron chi connectivity index (χ3n) is 2.46. The number of pyridine rings is 1. The Hall–Kier alpha value is -2.08. The Kier molecular flexibility index (Phi) is 3.71. The van der Waals surface area contributed by atoms with Crippen LogP contribution in [0.2, 0.25) is 0 Å². The quantitative estimate of drug-likeness (QED) is 0.636. The Morgan fingerprint density at radius 2 is 2.05 bits per heavy atom. The van der Waals surface area contributed by atoms with Crippen LogP contribution in [0.25, 0.3) is 10.7 Å². The van der Waals surface area contributed by atoms with Crippen LogP contribution in [0.4, 0.5) is 0 Å². The molecule has 0 aliphatic rings. The largest absolute Gasteiger partial charge is 0.464 e. The van der Waals surface area contributed by atoms with E-state index in [-0.39, 0.29) is 11.5 Å². The van der Waals surface area contributed by atoms with E-state index in [4.69, 9.17) is 0 Å². The van der Waals surface area contributed by atoms with Crippen LogP contribution in [-0.2, 0) is 4.74 Å². The molecule has 0 fully saturated rings. The van der Waals surface area contributed by atoms with E-state index in [1.165, 1.54) is 14.0 Å². The lowest BCUT2D eigenvalue weighted by molar-refractivity contribution is 0.0591. The number of hydrogen-bond donors (Lipinski definition) is 0. The third kappa shape index (κ3) is 2.68. The van der Waals surface area contributed by atoms with E-state index in [1.807, 2.05) is 13.0 Å². The molecule has 0 unspecified atom stereocenters. The van der Waals surface area contributed by atoms with Crippen molar-refractivity contribution in [2.75, 3.05) is 7.11 Å². The molecule has 0 saturated heterocycles. The van der Waals surface area contributed by atoms with Crippen LogP contribution in [0.15, 0.2) is 18.3 Å². The summed E-state index contributed by atoms with van der Waals surface area (Å²) in [7, 11) is 1.26. The topological polar surface area (TPSA) is 69.2 Å². The second-order valence-corrected chi connectivity index (χ2v) is 4.96. The smallest absolute Gasteiger partial charge is 0.358 e. The molecule has 0 aromatic carbocycles. The van der Waals surface area contributed by atoms with Gasteiger partial charge >= 0.3 is 5.97 Å². The number of ketones is 1. The van der Waals surface area contributed by atoms with Crippen molar-refractivity contribution >= 4 is 23.1 Å². The zero-order valence-electron chi connectivity index (χ0n) is 10.8. The van der Waals surface area contributed by atoms with Crippen molar-refractivity contribution in [1.29, 1.82) is 0 Å². The first-order valence-corrected chi connectivity index (χ1v) is 6.37. The van der Waals surface area contributed by atoms with Crippen LogP contribution >= 0.6 is 11.3 Å². The van der Waals surface area contributed by atoms with Gasteiger partial charge in [-0.3, -0.25) is 9.78 Å². The van der Waals surface area contributed by atoms with Crippen molar-refractivity contribution in [2.45, 2.75) is 13.8 Å². The molecular formula is C13H12N2O3S. The zero-order chi connectivity index (χ0) is 14.0. The second kappa shape index (κ2) is 5.27. The van der Waals surface area contributed by atoms with E-state index in [1.54, 1.807) is 12.3 Å². The number of hydrogen-bond acceptors (Lipinski definition) is 6. The highest BCUT2D eigenvalue weighted by Gasteiger charge is 2.22. The lowest BCUT2D eigenvalue weighted by Crippen LogP contribution is -2.06. The van der Waals surface area contributed by atoms with Crippen molar-refractivity contribution in [1.82, 2.24) is 9.97 Å². The highest BCUT2D eigenvalue weighted by Crippen LogP contribution is 2.27. The summed E-state index contributed by atoms with van der Waals surface area (Å²) < 4.78 is 4.63. The fourth-order valence-electron chi connectivity index (χ4n) is 1.50. The number of nitrogens with zero attached hydrogens (tertiary/aromatic N) is 2. The Labute approximate surface area is 114 Å². The Morgan fingerprint density at radius 3 is 2.58 bits per heavy atom. The van der Waals surface area contributed by atoms with Crippen LogP contribution in [0.5, 0.6) is 0 Å². The first-order valence-electron chi connectivity index (χ1n) is 5.56. The molecule has 2 heterocycles. The van der Waals surface area contributed by atoms with Gasteiger partial charge < -0.3 is 4.74 Å². The maximum atomic E-state index is 11.6. The summed E-state index contributed by atoms with van der Waals surface area (Å²) in [5.41, 5.74) is 1.71. The fraction of sp³-hybridized carbons (Fsp3) is 0.231. The number of rotatable bonds is 3. The molecule has 2 aromatic rings. The minimum atomic E-state index is -0.611. The van der Waals surface area contributed by atoms with Crippen LogP contribution in [0.1, 0.15) is 32.6 Å². The standard InChI is InChI=1S/C13H12N2O3S/c1-7-4-5-9(14-6-7)12-15-10(13(17)18-3)11(19-12)8(2)16/h4-6H,1-3H3. The zero-order valence-corrected chi connectivity index (χ0v) is 11.6. The van der Waals surface area contributed by atoms with Gasteiger partial charge in [0.1, 0.15) is 9.88 Å². The number of aryl methyl sites for hydroxylation is 1. The summed E-state index contributed by atoms with van der Waals surface area (Å²) in [6.07, 6.45) is 1.71. The summed E-state index contributed by atoms with van der Waals surface area (Å²) in [4.78, 5) is 31.8. The third-order valence-corrected chi connectivity index (χ3v) is 3.63. The first kappa shape index (κ1) is 13.4. The summed E-state index contributed by atoms with van der Waals surface area (Å²) in [5.74, 6) is -0.823. The fourth-order valence-corrected chi connectivity index (χ4v) is 2.42. The Balaban J connectivity index is 2.51. The number of aromatic nitrogens is 2. The van der Waals surface area contributed by atoms with Gasteiger partial charge in [0.25, 0.3) is 0 Å². The van der Waals surface area contributed by atoms with Crippen LogP contribution in [0.3, 0.4) is 0 Å². The van der Waals surface area contributed by atoms with E-state index in [9.17, 15) is 9.59 Å². The number of carbonyl (C=O) groups excluding carboxylic acids is 2. The van der Waals surface area contributed by atoms with E-state index in [0.717, 1.165) is 16.9 Å². The molecule has 0 saturated carbocycles. The van der Waals surface area contributed by atoms with Crippen LogP contribution in [0, 0.1) is 6.92 Å². The number of thiazole rings is 1. The van der Waals surface area contributed by atoms with E-state index in [0.29, 0.717) is 15.6 Å². The number of esters is 1. The lowest BCUT2D eigenvalue weighted by Gasteiger charge is -1.96. The molecule has 0 aliphatic carbocycles. The van der Waals surface area contributed by atoms with Gasteiger partial charge in [0.05, 0.1) is 12.8 Å². The number of methoxy groups -OCH3 is 1. The maximum absolute atomic E-state index is 11.6. The van der Waals surface area contributed by atoms with Gasteiger partial charge in [0.15, 0.2) is 11.5 Å². The Morgan fingerprint density at radius 1 is 1.32 bits per heavy atom. The second-order valence-electron chi connectivity index (χ2n) is 3.97. The van der Waals surface area contributed by atoms with Crippen molar-refractivity contribution in [3.05, 3.63) is 34.5 Å². The van der Waals surface area contributed by atoms with E-state index in [2.05, 4.69) is 14.7 Å². The first-order chi connectivity index (χ1) is 9.02. The van der Waals surface area contributed by atoms with Crippen LogP contribution in [-0.4, -0.2) is 28.8 Å². The molecular weight excluding hydrogens is 264 g/mol. The molecule has 0 bridgehead atoms. The number of carbonyl (C=O) groups is 2. The van der Waals surface area contributed by atoms with E-state index >= 15 is 0 Å². The normalized spacial score (nSPS) is 10.3. The average molecular weight is 276 g/mol. The van der Waals surface area contributed by atoms with Crippen molar-refractivity contribution < 1.29 is 14.3 Å². The minimum absolute atomic E-state index is 0.0531. The minimum Gasteiger partial charge on any atom is -0.464 e. The SMILES string of the molecule is COC(=O)c1nc(-c2ccc(C)cn2)sc1C(C)=O.